The van der Waals surface area contributed by atoms with Gasteiger partial charge in [0.05, 0.1) is 18.6 Å². The van der Waals surface area contributed by atoms with E-state index >= 15 is 0 Å². The molecule has 2 heterocycles. The second kappa shape index (κ2) is 15.1. The first kappa shape index (κ1) is 27.3. The van der Waals surface area contributed by atoms with Crippen LogP contribution in [0.25, 0.3) is 11.2 Å². The van der Waals surface area contributed by atoms with Crippen LogP contribution in [0.1, 0.15) is 110 Å². The molecule has 8 heteroatoms. The number of H-pyrrole nitrogens is 1. The van der Waals surface area contributed by atoms with Crippen molar-refractivity contribution in [2.45, 2.75) is 116 Å². The molecule has 0 saturated carbocycles. The number of rotatable bonds is 18. The van der Waals surface area contributed by atoms with Crippen LogP contribution in [0.2, 0.25) is 0 Å². The highest BCUT2D eigenvalue weighted by molar-refractivity contribution is 5.68. The number of hydrogen-bond donors (Lipinski definition) is 3. The van der Waals surface area contributed by atoms with Gasteiger partial charge in [-0.2, -0.15) is 0 Å². The minimum Gasteiger partial charge on any atom is -0.393 e. The Balaban J connectivity index is 1.96. The van der Waals surface area contributed by atoms with Crippen LogP contribution in [0.3, 0.4) is 0 Å². The Morgan fingerprint density at radius 2 is 1.58 bits per heavy atom. The van der Waals surface area contributed by atoms with Gasteiger partial charge in [0.15, 0.2) is 5.65 Å². The lowest BCUT2D eigenvalue weighted by molar-refractivity contribution is 0.180. The van der Waals surface area contributed by atoms with Gasteiger partial charge in [0.1, 0.15) is 5.52 Å². The fraction of sp³-hybridized carbons (Fsp3) is 0.800. The predicted octanol–water partition coefficient (Wildman–Crippen LogP) is 4.37. The van der Waals surface area contributed by atoms with E-state index in [1.54, 1.807) is 7.05 Å². The highest BCUT2D eigenvalue weighted by Gasteiger charge is 2.20. The third-order valence-corrected chi connectivity index (χ3v) is 6.43. The van der Waals surface area contributed by atoms with Gasteiger partial charge in [-0.15, -0.1) is 0 Å². The standard InChI is InChI=1S/C25H45N5O3/c1-4-5-6-7-12-15-18-26-21(17-14-11-9-8-10-13-16-20(2)31)30-24(32)22-23(28-19-27-22)29(3)25(30)33/h19-21,26,31H,4-18H2,1-3H3,(H,27,28). The number of aromatic nitrogens is 4. The van der Waals surface area contributed by atoms with E-state index in [0.717, 1.165) is 64.3 Å². The number of imidazole rings is 1. The van der Waals surface area contributed by atoms with E-state index in [1.165, 1.54) is 47.6 Å². The maximum absolute atomic E-state index is 13.1. The highest BCUT2D eigenvalue weighted by atomic mass is 16.3. The Bertz CT molecular complexity index is 915. The summed E-state index contributed by atoms with van der Waals surface area (Å²) in [4.78, 5) is 33.1. The zero-order chi connectivity index (χ0) is 24.1. The van der Waals surface area contributed by atoms with Crippen molar-refractivity contribution in [1.82, 2.24) is 24.4 Å². The molecule has 0 aliphatic rings. The summed E-state index contributed by atoms with van der Waals surface area (Å²) in [7, 11) is 1.67. The number of unbranched alkanes of at least 4 members (excludes halogenated alkanes) is 10. The summed E-state index contributed by atoms with van der Waals surface area (Å²) < 4.78 is 2.83. The lowest BCUT2D eigenvalue weighted by Gasteiger charge is -2.21. The number of fused-ring (bicyclic) bond motifs is 1. The van der Waals surface area contributed by atoms with Crippen molar-refractivity contribution in [1.29, 1.82) is 0 Å². The minimum absolute atomic E-state index is 0.211. The smallest absolute Gasteiger partial charge is 0.333 e. The normalized spacial score (nSPS) is 13.6. The van der Waals surface area contributed by atoms with E-state index < -0.39 is 0 Å². The Kier molecular flexibility index (Phi) is 12.5. The van der Waals surface area contributed by atoms with Gasteiger partial charge in [-0.05, 0) is 32.7 Å². The molecule has 0 aliphatic carbocycles. The SMILES string of the molecule is CCCCCCCCNC(CCCCCCCCC(C)O)n1c(=O)c2[nH]cnc2n(C)c1=O. The van der Waals surface area contributed by atoms with Crippen LogP contribution in [0.5, 0.6) is 0 Å². The van der Waals surface area contributed by atoms with Crippen LogP contribution in [-0.4, -0.2) is 36.9 Å². The van der Waals surface area contributed by atoms with Gasteiger partial charge < -0.3 is 10.1 Å². The van der Waals surface area contributed by atoms with Crippen molar-refractivity contribution >= 4 is 11.2 Å². The van der Waals surface area contributed by atoms with Crippen LogP contribution in [0.15, 0.2) is 15.9 Å². The molecule has 0 amide bonds. The van der Waals surface area contributed by atoms with Gasteiger partial charge in [0, 0.05) is 7.05 Å². The molecule has 2 aromatic rings. The molecular weight excluding hydrogens is 418 g/mol. The molecule has 2 aromatic heterocycles. The number of aliphatic hydroxyl groups excluding tert-OH is 1. The minimum atomic E-state index is -0.321. The van der Waals surface area contributed by atoms with Crippen molar-refractivity contribution < 1.29 is 5.11 Å². The topological polar surface area (TPSA) is 105 Å². The number of nitrogens with one attached hydrogen (secondary N) is 2. The molecule has 0 radical (unpaired) electrons. The molecule has 0 aliphatic heterocycles. The summed E-state index contributed by atoms with van der Waals surface area (Å²) in [6.07, 6.45) is 16.3. The van der Waals surface area contributed by atoms with E-state index in [2.05, 4.69) is 22.2 Å². The van der Waals surface area contributed by atoms with Crippen molar-refractivity contribution in [3.8, 4) is 0 Å². The van der Waals surface area contributed by atoms with E-state index in [-0.39, 0.29) is 23.5 Å². The number of aryl methyl sites for hydroxylation is 1. The monoisotopic (exact) mass is 463 g/mol. The third kappa shape index (κ3) is 8.74. The molecule has 3 N–H and O–H groups in total. The van der Waals surface area contributed by atoms with E-state index in [1.807, 2.05) is 6.92 Å². The van der Waals surface area contributed by atoms with Crippen molar-refractivity contribution in [3.63, 3.8) is 0 Å². The summed E-state index contributed by atoms with van der Waals surface area (Å²) in [5.74, 6) is 0. The van der Waals surface area contributed by atoms with Crippen LogP contribution < -0.4 is 16.6 Å². The fourth-order valence-corrected chi connectivity index (χ4v) is 4.41. The Morgan fingerprint density at radius 1 is 0.970 bits per heavy atom. The highest BCUT2D eigenvalue weighted by Crippen LogP contribution is 2.15. The average molecular weight is 464 g/mol. The van der Waals surface area contributed by atoms with Crippen LogP contribution in [0, 0.1) is 0 Å². The summed E-state index contributed by atoms with van der Waals surface area (Å²) in [6.45, 7) is 4.86. The Morgan fingerprint density at radius 3 is 2.24 bits per heavy atom. The van der Waals surface area contributed by atoms with Crippen molar-refractivity contribution in [3.05, 3.63) is 27.2 Å². The van der Waals surface area contributed by atoms with Crippen LogP contribution >= 0.6 is 0 Å². The van der Waals surface area contributed by atoms with Gasteiger partial charge in [-0.3, -0.25) is 14.7 Å². The fourth-order valence-electron chi connectivity index (χ4n) is 4.41. The quantitative estimate of drug-likeness (QED) is 0.285. The second-order valence-corrected chi connectivity index (χ2v) is 9.40. The molecule has 0 fully saturated rings. The van der Waals surface area contributed by atoms with Gasteiger partial charge in [-0.25, -0.2) is 14.3 Å². The molecule has 2 atom stereocenters. The third-order valence-electron chi connectivity index (χ3n) is 6.43. The molecule has 8 nitrogen and oxygen atoms in total. The van der Waals surface area contributed by atoms with Gasteiger partial charge >= 0.3 is 5.69 Å². The van der Waals surface area contributed by atoms with E-state index in [0.29, 0.717) is 11.2 Å². The van der Waals surface area contributed by atoms with Crippen LogP contribution in [-0.2, 0) is 7.05 Å². The number of nitrogens with zero attached hydrogens (tertiary/aromatic N) is 3. The maximum atomic E-state index is 13.1. The van der Waals surface area contributed by atoms with Gasteiger partial charge in [0.2, 0.25) is 0 Å². The molecule has 0 aromatic carbocycles. The number of aromatic amines is 1. The number of aliphatic hydroxyl groups is 1. The average Bonchev–Trinajstić information content (AvgIpc) is 3.28. The molecular formula is C25H45N5O3. The first-order valence-electron chi connectivity index (χ1n) is 13.0. The zero-order valence-electron chi connectivity index (χ0n) is 20.9. The molecule has 188 valence electrons. The van der Waals surface area contributed by atoms with Crippen LogP contribution in [0.4, 0.5) is 0 Å². The maximum Gasteiger partial charge on any atom is 0.333 e. The lowest BCUT2D eigenvalue weighted by Crippen LogP contribution is -2.46. The molecule has 2 unspecified atom stereocenters. The first-order valence-corrected chi connectivity index (χ1v) is 13.0. The molecule has 0 saturated heterocycles. The molecule has 0 spiro atoms. The zero-order valence-corrected chi connectivity index (χ0v) is 20.9. The summed E-state index contributed by atoms with van der Waals surface area (Å²) in [5.41, 5.74) is 0.150. The number of hydrogen-bond acceptors (Lipinski definition) is 5. The Labute approximate surface area is 197 Å². The van der Waals surface area contributed by atoms with Gasteiger partial charge in [0.25, 0.3) is 5.56 Å². The van der Waals surface area contributed by atoms with Gasteiger partial charge in [-0.1, -0.05) is 77.6 Å². The predicted molar refractivity (Wildman–Crippen MR) is 135 cm³/mol. The van der Waals surface area contributed by atoms with Crippen molar-refractivity contribution in [2.75, 3.05) is 6.54 Å². The summed E-state index contributed by atoms with van der Waals surface area (Å²) >= 11 is 0. The second-order valence-electron chi connectivity index (χ2n) is 9.40. The van der Waals surface area contributed by atoms with E-state index in [9.17, 15) is 14.7 Å². The molecule has 33 heavy (non-hydrogen) atoms. The Hall–Kier alpha value is -1.93. The van der Waals surface area contributed by atoms with E-state index in [4.69, 9.17) is 0 Å². The summed E-state index contributed by atoms with van der Waals surface area (Å²) in [5, 5.41) is 12.9. The molecule has 0 bridgehead atoms. The summed E-state index contributed by atoms with van der Waals surface area (Å²) in [6, 6.07) is 0. The largest absolute Gasteiger partial charge is 0.393 e. The first-order chi connectivity index (χ1) is 16.0. The van der Waals surface area contributed by atoms with Crippen molar-refractivity contribution in [2.24, 2.45) is 7.05 Å². The molecule has 2 rings (SSSR count). The lowest BCUT2D eigenvalue weighted by atomic mass is 10.1.